The Morgan fingerprint density at radius 3 is 2.56 bits per heavy atom. The summed E-state index contributed by atoms with van der Waals surface area (Å²) in [6, 6.07) is 18.5. The number of benzene rings is 2. The second-order valence-electron chi connectivity index (χ2n) is 8.15. The summed E-state index contributed by atoms with van der Waals surface area (Å²) in [6.45, 7) is 6.98. The smallest absolute Gasteiger partial charge is 0.192 e. The number of pyridine rings is 1. The number of nitrogens with zero attached hydrogens (tertiary/aromatic N) is 1. The summed E-state index contributed by atoms with van der Waals surface area (Å²) in [7, 11) is 0. The highest BCUT2D eigenvalue weighted by Crippen LogP contribution is 2.37. The normalized spacial score (nSPS) is 15.2. The maximum atomic E-state index is 2.62. The van der Waals surface area contributed by atoms with E-state index in [1.807, 2.05) is 0 Å². The highest BCUT2D eigenvalue weighted by molar-refractivity contribution is 5.94. The SMILES string of the molecule is CCCCc1ccc2c3[n+](ccc2c1)C(CC)(CC)CCc1ccccc1-3. The van der Waals surface area contributed by atoms with E-state index in [9.17, 15) is 0 Å². The molecule has 3 aromatic rings. The van der Waals surface area contributed by atoms with E-state index < -0.39 is 0 Å². The van der Waals surface area contributed by atoms with Crippen molar-refractivity contribution in [2.24, 2.45) is 0 Å². The Bertz CT molecular complexity index is 950. The Kier molecular flexibility index (Phi) is 5.04. The van der Waals surface area contributed by atoms with Crippen molar-refractivity contribution in [1.29, 1.82) is 0 Å². The van der Waals surface area contributed by atoms with Gasteiger partial charge in [-0.3, -0.25) is 0 Å². The fourth-order valence-corrected chi connectivity index (χ4v) is 4.93. The fraction of sp³-hybridized carbons (Fsp3) is 0.423. The third-order valence-electron chi connectivity index (χ3n) is 6.79. The van der Waals surface area contributed by atoms with E-state index in [0.717, 1.165) is 6.42 Å². The minimum absolute atomic E-state index is 0.212. The molecular weight excluding hydrogens is 326 g/mol. The molecule has 0 saturated carbocycles. The molecule has 1 aliphatic rings. The van der Waals surface area contributed by atoms with Crippen LogP contribution in [0.15, 0.2) is 54.7 Å². The van der Waals surface area contributed by atoms with Crippen LogP contribution in [0.5, 0.6) is 0 Å². The Labute approximate surface area is 164 Å². The van der Waals surface area contributed by atoms with Crippen LogP contribution in [0.3, 0.4) is 0 Å². The van der Waals surface area contributed by atoms with Crippen LogP contribution in [-0.2, 0) is 18.4 Å². The summed E-state index contributed by atoms with van der Waals surface area (Å²) >= 11 is 0. The van der Waals surface area contributed by atoms with Crippen LogP contribution in [0.25, 0.3) is 22.0 Å². The molecule has 0 unspecified atom stereocenters. The highest BCUT2D eigenvalue weighted by atomic mass is 15.1. The summed E-state index contributed by atoms with van der Waals surface area (Å²) in [6.07, 6.45) is 10.8. The van der Waals surface area contributed by atoms with Crippen molar-refractivity contribution in [3.63, 3.8) is 0 Å². The van der Waals surface area contributed by atoms with E-state index in [1.165, 1.54) is 71.7 Å². The van der Waals surface area contributed by atoms with Crippen molar-refractivity contribution in [3.05, 3.63) is 65.9 Å². The second kappa shape index (κ2) is 7.46. The predicted molar refractivity (Wildman–Crippen MR) is 115 cm³/mol. The first-order valence-corrected chi connectivity index (χ1v) is 10.8. The van der Waals surface area contributed by atoms with Gasteiger partial charge in [-0.2, -0.15) is 4.57 Å². The number of aryl methyl sites for hydroxylation is 2. The summed E-state index contributed by atoms with van der Waals surface area (Å²) in [5.74, 6) is 0. The van der Waals surface area contributed by atoms with Gasteiger partial charge >= 0.3 is 0 Å². The molecule has 0 fully saturated rings. The van der Waals surface area contributed by atoms with Gasteiger partial charge in [-0.05, 0) is 47.9 Å². The van der Waals surface area contributed by atoms with Crippen molar-refractivity contribution in [1.82, 2.24) is 0 Å². The lowest BCUT2D eigenvalue weighted by Crippen LogP contribution is -2.56. The molecule has 1 aromatic heterocycles. The zero-order valence-electron chi connectivity index (χ0n) is 17.1. The molecule has 2 heterocycles. The van der Waals surface area contributed by atoms with Crippen molar-refractivity contribution in [2.45, 2.75) is 71.3 Å². The number of fused-ring (bicyclic) bond motifs is 5. The molecule has 4 rings (SSSR count). The minimum Gasteiger partial charge on any atom is -0.192 e. The van der Waals surface area contributed by atoms with Gasteiger partial charge in [-0.1, -0.05) is 57.5 Å². The van der Waals surface area contributed by atoms with E-state index in [0.29, 0.717) is 0 Å². The van der Waals surface area contributed by atoms with Crippen molar-refractivity contribution < 1.29 is 4.57 Å². The summed E-state index contributed by atoms with van der Waals surface area (Å²) in [5, 5.41) is 2.78. The molecule has 1 aliphatic heterocycles. The Morgan fingerprint density at radius 1 is 0.963 bits per heavy atom. The van der Waals surface area contributed by atoms with E-state index in [-0.39, 0.29) is 5.54 Å². The molecule has 27 heavy (non-hydrogen) atoms. The van der Waals surface area contributed by atoms with Crippen LogP contribution >= 0.6 is 0 Å². The average molecular weight is 359 g/mol. The Morgan fingerprint density at radius 2 is 1.78 bits per heavy atom. The molecule has 1 nitrogen and oxygen atoms in total. The lowest BCUT2D eigenvalue weighted by atomic mass is 9.86. The predicted octanol–water partition coefficient (Wildman–Crippen LogP) is 6.60. The third kappa shape index (κ3) is 3.08. The number of rotatable bonds is 5. The van der Waals surface area contributed by atoms with Crippen LogP contribution in [0.1, 0.15) is 64.0 Å². The zero-order valence-corrected chi connectivity index (χ0v) is 17.1. The molecule has 0 N–H and O–H groups in total. The summed E-state index contributed by atoms with van der Waals surface area (Å²) < 4.78 is 2.62. The Hall–Kier alpha value is -2.15. The standard InChI is InChI=1S/C26H32N/c1-4-7-10-20-13-14-24-22(19-20)16-18-27-25(24)23-12-9-8-11-21(23)15-17-26(27,5-2)6-3/h8-9,11-14,16,18-19H,4-7,10,15,17H2,1-3H3/q+1. The van der Waals surface area contributed by atoms with Gasteiger partial charge in [-0.25, -0.2) is 0 Å². The van der Waals surface area contributed by atoms with E-state index >= 15 is 0 Å². The molecule has 2 aromatic carbocycles. The highest BCUT2D eigenvalue weighted by Gasteiger charge is 2.41. The molecule has 0 atom stereocenters. The first kappa shape index (κ1) is 18.2. The average Bonchev–Trinajstić information content (AvgIpc) is 2.87. The summed E-state index contributed by atoms with van der Waals surface area (Å²) in [5.41, 5.74) is 6.02. The van der Waals surface area contributed by atoms with Crippen LogP contribution < -0.4 is 4.57 Å². The first-order valence-electron chi connectivity index (χ1n) is 10.8. The van der Waals surface area contributed by atoms with Crippen molar-refractivity contribution >= 4 is 10.8 Å². The van der Waals surface area contributed by atoms with Gasteiger partial charge in [0.05, 0.1) is 10.9 Å². The van der Waals surface area contributed by atoms with Gasteiger partial charge in [0, 0.05) is 25.3 Å². The van der Waals surface area contributed by atoms with E-state index in [1.54, 1.807) is 0 Å². The van der Waals surface area contributed by atoms with Gasteiger partial charge in [0.15, 0.2) is 11.7 Å². The molecular formula is C26H32N+. The van der Waals surface area contributed by atoms with Gasteiger partial charge in [0.2, 0.25) is 5.69 Å². The quantitative estimate of drug-likeness (QED) is 0.452. The van der Waals surface area contributed by atoms with Crippen LogP contribution in [0.2, 0.25) is 0 Å². The van der Waals surface area contributed by atoms with Crippen LogP contribution in [0, 0.1) is 0 Å². The van der Waals surface area contributed by atoms with Gasteiger partial charge in [-0.15, -0.1) is 0 Å². The molecule has 0 saturated heterocycles. The molecule has 0 spiro atoms. The number of hydrogen-bond acceptors (Lipinski definition) is 0. The molecule has 0 radical (unpaired) electrons. The number of hydrogen-bond donors (Lipinski definition) is 0. The maximum absolute atomic E-state index is 2.62. The third-order valence-corrected chi connectivity index (χ3v) is 6.79. The van der Waals surface area contributed by atoms with Gasteiger partial charge in [0.1, 0.15) is 0 Å². The molecule has 0 amide bonds. The molecule has 140 valence electrons. The van der Waals surface area contributed by atoms with E-state index in [4.69, 9.17) is 0 Å². The van der Waals surface area contributed by atoms with Crippen LogP contribution in [-0.4, -0.2) is 0 Å². The molecule has 1 heteroatoms. The zero-order chi connectivity index (χ0) is 18.9. The minimum atomic E-state index is 0.212. The summed E-state index contributed by atoms with van der Waals surface area (Å²) in [4.78, 5) is 0. The Balaban J connectivity index is 1.99. The lowest BCUT2D eigenvalue weighted by Gasteiger charge is -2.26. The molecule has 0 aliphatic carbocycles. The monoisotopic (exact) mass is 358 g/mol. The van der Waals surface area contributed by atoms with Gasteiger partial charge < -0.3 is 0 Å². The van der Waals surface area contributed by atoms with Crippen molar-refractivity contribution in [3.8, 4) is 11.3 Å². The number of unbranched alkanes of at least 4 members (excludes halogenated alkanes) is 1. The topological polar surface area (TPSA) is 3.88 Å². The van der Waals surface area contributed by atoms with Crippen LogP contribution in [0.4, 0.5) is 0 Å². The first-order chi connectivity index (χ1) is 13.2. The number of aromatic nitrogens is 1. The van der Waals surface area contributed by atoms with Crippen molar-refractivity contribution in [2.75, 3.05) is 0 Å². The lowest BCUT2D eigenvalue weighted by molar-refractivity contribution is -0.756. The maximum Gasteiger partial charge on any atom is 0.221 e. The fourth-order valence-electron chi connectivity index (χ4n) is 4.93. The largest absolute Gasteiger partial charge is 0.221 e. The van der Waals surface area contributed by atoms with Gasteiger partial charge in [0.25, 0.3) is 0 Å². The molecule has 0 bridgehead atoms. The van der Waals surface area contributed by atoms with E-state index in [2.05, 4.69) is 80.1 Å². The second-order valence-corrected chi connectivity index (χ2v) is 8.15.